The summed E-state index contributed by atoms with van der Waals surface area (Å²) in [6, 6.07) is 9.90. The number of thioether (sulfide) groups is 1. The first kappa shape index (κ1) is 18.6. The molecule has 3 aromatic heterocycles. The van der Waals surface area contributed by atoms with Crippen molar-refractivity contribution in [2.45, 2.75) is 30.8 Å². The van der Waals surface area contributed by atoms with Crippen LogP contribution in [0.4, 0.5) is 0 Å². The summed E-state index contributed by atoms with van der Waals surface area (Å²) < 4.78 is 6.89. The Labute approximate surface area is 169 Å². The second-order valence-electron chi connectivity index (χ2n) is 6.04. The summed E-state index contributed by atoms with van der Waals surface area (Å²) in [5, 5.41) is 7.17. The monoisotopic (exact) mass is 410 g/mol. The number of allylic oxidation sites excluding steroid dienone is 1. The molecule has 0 N–H and O–H groups in total. The molecule has 0 bridgehead atoms. The molecular formula is C20H18N4O2S2. The summed E-state index contributed by atoms with van der Waals surface area (Å²) in [6.45, 7) is 6.14. The van der Waals surface area contributed by atoms with E-state index in [1.807, 2.05) is 42.6 Å². The number of thiophene rings is 1. The van der Waals surface area contributed by atoms with Gasteiger partial charge in [-0.05, 0) is 5.56 Å². The predicted molar refractivity (Wildman–Crippen MR) is 113 cm³/mol. The summed E-state index contributed by atoms with van der Waals surface area (Å²) in [7, 11) is 0. The zero-order valence-corrected chi connectivity index (χ0v) is 16.9. The Balaban J connectivity index is 1.75. The Bertz CT molecular complexity index is 1180. The van der Waals surface area contributed by atoms with Gasteiger partial charge in [0.15, 0.2) is 11.0 Å². The summed E-state index contributed by atoms with van der Waals surface area (Å²) >= 11 is 2.89. The summed E-state index contributed by atoms with van der Waals surface area (Å²) in [5.74, 6) is 1.66. The van der Waals surface area contributed by atoms with Crippen molar-refractivity contribution in [3.63, 3.8) is 0 Å². The second kappa shape index (κ2) is 8.12. The van der Waals surface area contributed by atoms with E-state index < -0.39 is 0 Å². The number of benzene rings is 1. The van der Waals surface area contributed by atoms with Gasteiger partial charge in [-0.3, -0.25) is 9.36 Å². The number of hydrogen-bond acceptors (Lipinski definition) is 7. The molecule has 4 aromatic rings. The van der Waals surface area contributed by atoms with Crippen molar-refractivity contribution in [1.82, 2.24) is 19.7 Å². The van der Waals surface area contributed by atoms with Crippen molar-refractivity contribution < 1.29 is 4.52 Å². The third-order valence-electron chi connectivity index (χ3n) is 4.21. The third kappa shape index (κ3) is 3.53. The van der Waals surface area contributed by atoms with Crippen LogP contribution in [0.15, 0.2) is 62.8 Å². The summed E-state index contributed by atoms with van der Waals surface area (Å²) in [6.07, 6.45) is 2.42. The molecule has 0 aliphatic rings. The number of hydrogen-bond donors (Lipinski definition) is 0. The molecule has 0 atom stereocenters. The molecule has 8 heteroatoms. The molecule has 0 spiro atoms. The molecule has 28 heavy (non-hydrogen) atoms. The van der Waals surface area contributed by atoms with Crippen molar-refractivity contribution in [3.05, 3.63) is 70.4 Å². The van der Waals surface area contributed by atoms with Gasteiger partial charge in [0.05, 0.1) is 11.1 Å². The highest BCUT2D eigenvalue weighted by Crippen LogP contribution is 2.32. The number of fused-ring (bicyclic) bond motifs is 1. The number of rotatable bonds is 7. The van der Waals surface area contributed by atoms with Gasteiger partial charge >= 0.3 is 0 Å². The molecule has 0 aliphatic carbocycles. The lowest BCUT2D eigenvalue weighted by atomic mass is 10.1. The van der Waals surface area contributed by atoms with Crippen LogP contribution in [0.2, 0.25) is 0 Å². The highest BCUT2D eigenvalue weighted by atomic mass is 32.2. The first-order valence-electron chi connectivity index (χ1n) is 8.83. The normalized spacial score (nSPS) is 11.2. The minimum atomic E-state index is -0.0627. The van der Waals surface area contributed by atoms with Crippen LogP contribution in [-0.2, 0) is 18.7 Å². The van der Waals surface area contributed by atoms with Gasteiger partial charge in [-0.2, -0.15) is 4.98 Å². The molecule has 3 heterocycles. The van der Waals surface area contributed by atoms with Crippen molar-refractivity contribution in [1.29, 1.82) is 0 Å². The Morgan fingerprint density at radius 2 is 2.11 bits per heavy atom. The van der Waals surface area contributed by atoms with Crippen molar-refractivity contribution in [2.75, 3.05) is 0 Å². The Kier molecular flexibility index (Phi) is 5.40. The zero-order valence-electron chi connectivity index (χ0n) is 15.3. The van der Waals surface area contributed by atoms with Gasteiger partial charge in [0, 0.05) is 23.9 Å². The first-order valence-corrected chi connectivity index (χ1v) is 10.7. The van der Waals surface area contributed by atoms with Crippen LogP contribution >= 0.6 is 23.1 Å². The molecular weight excluding hydrogens is 392 g/mol. The van der Waals surface area contributed by atoms with E-state index in [1.54, 1.807) is 10.6 Å². The van der Waals surface area contributed by atoms with Crippen molar-refractivity contribution in [2.24, 2.45) is 0 Å². The second-order valence-corrected chi connectivity index (χ2v) is 7.84. The summed E-state index contributed by atoms with van der Waals surface area (Å²) in [4.78, 5) is 23.1. The van der Waals surface area contributed by atoms with Crippen molar-refractivity contribution >= 4 is 33.3 Å². The van der Waals surface area contributed by atoms with Crippen LogP contribution in [0, 0.1) is 0 Å². The largest absolute Gasteiger partial charge is 0.338 e. The minimum Gasteiger partial charge on any atom is -0.338 e. The molecule has 0 amide bonds. The predicted octanol–water partition coefficient (Wildman–Crippen LogP) is 4.55. The van der Waals surface area contributed by atoms with Gasteiger partial charge in [-0.1, -0.05) is 60.3 Å². The molecule has 0 radical (unpaired) electrons. The molecule has 1 aromatic carbocycles. The van der Waals surface area contributed by atoms with Crippen LogP contribution in [0.1, 0.15) is 18.6 Å². The van der Waals surface area contributed by atoms with E-state index in [9.17, 15) is 4.79 Å². The summed E-state index contributed by atoms with van der Waals surface area (Å²) in [5.41, 5.74) is 1.86. The molecule has 0 saturated heterocycles. The van der Waals surface area contributed by atoms with Gasteiger partial charge in [0.25, 0.3) is 5.56 Å². The van der Waals surface area contributed by atoms with E-state index in [1.165, 1.54) is 23.1 Å². The van der Waals surface area contributed by atoms with Crippen LogP contribution in [0.25, 0.3) is 21.3 Å². The van der Waals surface area contributed by atoms with Gasteiger partial charge in [-0.15, -0.1) is 17.9 Å². The molecule has 0 fully saturated rings. The van der Waals surface area contributed by atoms with Gasteiger partial charge in [0.2, 0.25) is 5.89 Å². The Hall–Kier alpha value is -2.71. The van der Waals surface area contributed by atoms with Crippen LogP contribution in [-0.4, -0.2) is 19.7 Å². The van der Waals surface area contributed by atoms with Gasteiger partial charge in [-0.25, -0.2) is 4.98 Å². The fourth-order valence-corrected chi connectivity index (χ4v) is 4.69. The number of aryl methyl sites for hydroxylation is 1. The fraction of sp³-hybridized carbons (Fsp3) is 0.200. The molecule has 0 saturated carbocycles. The lowest BCUT2D eigenvalue weighted by Crippen LogP contribution is -2.22. The van der Waals surface area contributed by atoms with E-state index in [-0.39, 0.29) is 5.56 Å². The van der Waals surface area contributed by atoms with Gasteiger partial charge < -0.3 is 4.52 Å². The molecule has 0 aliphatic heterocycles. The maximum Gasteiger partial charge on any atom is 0.263 e. The fourth-order valence-electron chi connectivity index (χ4n) is 2.85. The highest BCUT2D eigenvalue weighted by Gasteiger charge is 2.17. The van der Waals surface area contributed by atoms with Crippen LogP contribution in [0.3, 0.4) is 0 Å². The Morgan fingerprint density at radius 1 is 1.29 bits per heavy atom. The zero-order chi connectivity index (χ0) is 19.5. The molecule has 142 valence electrons. The van der Waals surface area contributed by atoms with E-state index in [2.05, 4.69) is 16.7 Å². The lowest BCUT2D eigenvalue weighted by molar-refractivity contribution is 0.385. The standard InChI is InChI=1S/C20H18N4O2S2/c1-3-10-24-19(25)17-14(13-8-6-5-7-9-13)11-27-18(17)22-20(24)28-12-16-21-15(4-2)23-26-16/h3,5-9,11H,1,4,10,12H2,2H3. The molecule has 4 rings (SSSR count). The first-order chi connectivity index (χ1) is 13.7. The smallest absolute Gasteiger partial charge is 0.263 e. The third-order valence-corrected chi connectivity index (χ3v) is 6.04. The van der Waals surface area contributed by atoms with E-state index >= 15 is 0 Å². The maximum absolute atomic E-state index is 13.3. The van der Waals surface area contributed by atoms with E-state index in [0.717, 1.165) is 22.4 Å². The van der Waals surface area contributed by atoms with E-state index in [0.29, 0.717) is 34.6 Å². The van der Waals surface area contributed by atoms with Gasteiger partial charge in [0.1, 0.15) is 4.83 Å². The lowest BCUT2D eigenvalue weighted by Gasteiger charge is -2.10. The maximum atomic E-state index is 13.3. The van der Waals surface area contributed by atoms with Crippen molar-refractivity contribution in [3.8, 4) is 11.1 Å². The minimum absolute atomic E-state index is 0.0627. The Morgan fingerprint density at radius 3 is 2.82 bits per heavy atom. The molecule has 0 unspecified atom stereocenters. The average Bonchev–Trinajstić information content (AvgIpc) is 3.36. The van der Waals surface area contributed by atoms with Crippen LogP contribution < -0.4 is 5.56 Å². The number of nitrogens with zero attached hydrogens (tertiary/aromatic N) is 4. The molecule has 6 nitrogen and oxygen atoms in total. The highest BCUT2D eigenvalue weighted by molar-refractivity contribution is 7.98. The van der Waals surface area contributed by atoms with Crippen LogP contribution in [0.5, 0.6) is 0 Å². The average molecular weight is 411 g/mol. The topological polar surface area (TPSA) is 73.8 Å². The van der Waals surface area contributed by atoms with E-state index in [4.69, 9.17) is 9.51 Å². The number of aromatic nitrogens is 4. The SMILES string of the molecule is C=CCn1c(SCc2nc(CC)no2)nc2scc(-c3ccccc3)c2c1=O. The quantitative estimate of drug-likeness (QED) is 0.253.